The van der Waals surface area contributed by atoms with Crippen LogP contribution < -0.4 is 0 Å². The number of likely N-dealkylation sites (tertiary alicyclic amines) is 1. The highest BCUT2D eigenvalue weighted by atomic mass is 16.4. The normalized spacial score (nSPS) is 15.2. The lowest BCUT2D eigenvalue weighted by atomic mass is 9.97. The highest BCUT2D eigenvalue weighted by Crippen LogP contribution is 2.20. The third kappa shape index (κ3) is 3.21. The van der Waals surface area contributed by atoms with Crippen LogP contribution >= 0.6 is 0 Å². The molecule has 0 radical (unpaired) electrons. The second-order valence-corrected chi connectivity index (χ2v) is 4.84. The molecule has 2 heterocycles. The second-order valence-electron chi connectivity index (χ2n) is 4.84. The van der Waals surface area contributed by atoms with Gasteiger partial charge in [0.2, 0.25) is 0 Å². The molecule has 0 aliphatic carbocycles. The van der Waals surface area contributed by atoms with Gasteiger partial charge in [0.1, 0.15) is 5.82 Å². The monoisotopic (exact) mass is 267 g/mol. The molecule has 0 unspecified atom stereocenters. The number of carbonyl (C=O) groups is 2. The minimum absolute atomic E-state index is 0.0700. The molecule has 2 amide bonds. The van der Waals surface area contributed by atoms with Crippen molar-refractivity contribution in [1.82, 2.24) is 25.0 Å². The number of aliphatic carboxylic acids is 1. The fourth-order valence-electron chi connectivity index (χ4n) is 2.08. The lowest BCUT2D eigenvalue weighted by Gasteiger charge is -2.40. The molecule has 19 heavy (non-hydrogen) atoms. The van der Waals surface area contributed by atoms with Crippen LogP contribution in [0, 0.1) is 12.8 Å². The Labute approximate surface area is 110 Å². The van der Waals surface area contributed by atoms with Crippen LogP contribution in [-0.4, -0.2) is 62.2 Å². The summed E-state index contributed by atoms with van der Waals surface area (Å²) in [5.41, 5.74) is 0. The summed E-state index contributed by atoms with van der Waals surface area (Å²) in [5, 5.41) is 15.3. The first kappa shape index (κ1) is 13.3. The fourth-order valence-corrected chi connectivity index (χ4v) is 2.08. The van der Waals surface area contributed by atoms with Gasteiger partial charge in [0.05, 0.1) is 13.0 Å². The van der Waals surface area contributed by atoms with Gasteiger partial charge >= 0.3 is 12.0 Å². The molecule has 1 aromatic rings. The van der Waals surface area contributed by atoms with E-state index in [0.717, 1.165) is 0 Å². The Hall–Kier alpha value is -2.12. The van der Waals surface area contributed by atoms with Crippen LogP contribution in [0.4, 0.5) is 4.79 Å². The van der Waals surface area contributed by atoms with Crippen LogP contribution in [0.2, 0.25) is 0 Å². The molecule has 0 atom stereocenters. The van der Waals surface area contributed by atoms with Gasteiger partial charge in [-0.05, 0) is 6.92 Å². The van der Waals surface area contributed by atoms with Crippen molar-refractivity contribution in [3.05, 3.63) is 11.6 Å². The molecule has 2 N–H and O–H groups in total. The number of carboxylic acid groups (broad SMARTS) is 1. The van der Waals surface area contributed by atoms with E-state index in [2.05, 4.69) is 15.2 Å². The molecule has 0 bridgehead atoms. The molecule has 2 rings (SSSR count). The molecule has 1 saturated heterocycles. The van der Waals surface area contributed by atoms with Gasteiger partial charge in [-0.15, -0.1) is 0 Å². The standard InChI is InChI=1S/C11H17N5O3/c1-7-12-9(14-13-7)6-15(2)11(19)16-4-8(5-16)3-10(17)18/h8H,3-6H2,1-2H3,(H,17,18)(H,12,13,14). The molecule has 1 aromatic heterocycles. The first-order valence-corrected chi connectivity index (χ1v) is 6.05. The number of carboxylic acids is 1. The van der Waals surface area contributed by atoms with E-state index in [4.69, 9.17) is 5.11 Å². The molecule has 1 fully saturated rings. The number of urea groups is 1. The summed E-state index contributed by atoms with van der Waals surface area (Å²) in [7, 11) is 1.68. The van der Waals surface area contributed by atoms with E-state index in [0.29, 0.717) is 31.3 Å². The maximum absolute atomic E-state index is 12.0. The molecule has 1 aliphatic rings. The van der Waals surface area contributed by atoms with Crippen molar-refractivity contribution < 1.29 is 14.7 Å². The van der Waals surface area contributed by atoms with E-state index in [-0.39, 0.29) is 18.4 Å². The van der Waals surface area contributed by atoms with Crippen molar-refractivity contribution in [2.45, 2.75) is 19.9 Å². The largest absolute Gasteiger partial charge is 0.481 e. The maximum atomic E-state index is 12.0. The van der Waals surface area contributed by atoms with Crippen LogP contribution in [0.5, 0.6) is 0 Å². The lowest BCUT2D eigenvalue weighted by molar-refractivity contribution is -0.139. The van der Waals surface area contributed by atoms with Gasteiger partial charge in [0, 0.05) is 26.1 Å². The van der Waals surface area contributed by atoms with Gasteiger partial charge < -0.3 is 14.9 Å². The zero-order valence-electron chi connectivity index (χ0n) is 11.0. The Bertz CT molecular complexity index is 480. The van der Waals surface area contributed by atoms with Gasteiger partial charge in [-0.1, -0.05) is 0 Å². The fraction of sp³-hybridized carbons (Fsp3) is 0.636. The number of nitrogens with one attached hydrogen (secondary N) is 1. The molecule has 0 saturated carbocycles. The summed E-state index contributed by atoms with van der Waals surface area (Å²) in [4.78, 5) is 29.8. The van der Waals surface area contributed by atoms with Crippen molar-refractivity contribution in [2.75, 3.05) is 20.1 Å². The average molecular weight is 267 g/mol. The topological polar surface area (TPSA) is 102 Å². The van der Waals surface area contributed by atoms with Crippen LogP contribution in [0.1, 0.15) is 18.1 Å². The third-order valence-electron chi connectivity index (χ3n) is 3.04. The first-order valence-electron chi connectivity index (χ1n) is 6.05. The van der Waals surface area contributed by atoms with Gasteiger partial charge in [-0.2, -0.15) is 5.10 Å². The number of aromatic amines is 1. The number of aromatic nitrogens is 3. The zero-order valence-corrected chi connectivity index (χ0v) is 11.0. The summed E-state index contributed by atoms with van der Waals surface area (Å²) in [6.07, 6.45) is 0.119. The first-order chi connectivity index (χ1) is 8.95. The van der Waals surface area contributed by atoms with E-state index >= 15 is 0 Å². The average Bonchev–Trinajstić information content (AvgIpc) is 2.67. The van der Waals surface area contributed by atoms with Crippen LogP contribution in [0.3, 0.4) is 0 Å². The number of carbonyl (C=O) groups excluding carboxylic acids is 1. The van der Waals surface area contributed by atoms with Gasteiger partial charge in [0.25, 0.3) is 0 Å². The van der Waals surface area contributed by atoms with Crippen LogP contribution in [-0.2, 0) is 11.3 Å². The maximum Gasteiger partial charge on any atom is 0.320 e. The SMILES string of the molecule is Cc1nc(CN(C)C(=O)N2CC(CC(=O)O)C2)n[nH]1. The summed E-state index contributed by atoms with van der Waals surface area (Å²) in [5.74, 6) is 0.527. The molecule has 1 aliphatic heterocycles. The number of aryl methyl sites for hydroxylation is 1. The van der Waals surface area contributed by atoms with E-state index in [1.54, 1.807) is 18.9 Å². The number of H-pyrrole nitrogens is 1. The van der Waals surface area contributed by atoms with E-state index in [9.17, 15) is 9.59 Å². The summed E-state index contributed by atoms with van der Waals surface area (Å²) in [6.45, 7) is 3.14. The summed E-state index contributed by atoms with van der Waals surface area (Å²) in [6, 6.07) is -0.121. The minimum Gasteiger partial charge on any atom is -0.481 e. The number of hydrogen-bond donors (Lipinski definition) is 2. The van der Waals surface area contributed by atoms with Crippen molar-refractivity contribution in [3.63, 3.8) is 0 Å². The van der Waals surface area contributed by atoms with Gasteiger partial charge in [-0.25, -0.2) is 9.78 Å². The van der Waals surface area contributed by atoms with Crippen molar-refractivity contribution >= 4 is 12.0 Å². The summed E-state index contributed by atoms with van der Waals surface area (Å²) >= 11 is 0. The predicted octanol–water partition coefficient (Wildman–Crippen LogP) is 0.0714. The molecular formula is C11H17N5O3. The molecular weight excluding hydrogens is 250 g/mol. The molecule has 8 heteroatoms. The Morgan fingerprint density at radius 2 is 2.21 bits per heavy atom. The lowest BCUT2D eigenvalue weighted by Crippen LogP contribution is -2.54. The Morgan fingerprint density at radius 3 is 2.74 bits per heavy atom. The zero-order chi connectivity index (χ0) is 14.0. The quantitative estimate of drug-likeness (QED) is 0.803. The number of hydrogen-bond acceptors (Lipinski definition) is 4. The minimum atomic E-state index is -0.818. The van der Waals surface area contributed by atoms with E-state index in [1.165, 1.54) is 4.90 Å². The summed E-state index contributed by atoms with van der Waals surface area (Å²) < 4.78 is 0. The Balaban J connectivity index is 1.79. The van der Waals surface area contributed by atoms with E-state index < -0.39 is 5.97 Å². The molecule has 104 valence electrons. The number of nitrogens with zero attached hydrogens (tertiary/aromatic N) is 4. The van der Waals surface area contributed by atoms with Crippen LogP contribution in [0.15, 0.2) is 0 Å². The second kappa shape index (κ2) is 5.25. The van der Waals surface area contributed by atoms with Gasteiger partial charge in [-0.3, -0.25) is 9.89 Å². The van der Waals surface area contributed by atoms with Crippen molar-refractivity contribution in [2.24, 2.45) is 5.92 Å². The van der Waals surface area contributed by atoms with Crippen LogP contribution in [0.25, 0.3) is 0 Å². The molecule has 0 aromatic carbocycles. The van der Waals surface area contributed by atoms with Gasteiger partial charge in [0.15, 0.2) is 5.82 Å². The number of amides is 2. The Morgan fingerprint density at radius 1 is 1.53 bits per heavy atom. The number of rotatable bonds is 4. The van der Waals surface area contributed by atoms with Crippen molar-refractivity contribution in [3.8, 4) is 0 Å². The highest BCUT2D eigenvalue weighted by molar-refractivity contribution is 5.75. The molecule has 8 nitrogen and oxygen atoms in total. The smallest absolute Gasteiger partial charge is 0.320 e. The van der Waals surface area contributed by atoms with E-state index in [1.807, 2.05) is 0 Å². The van der Waals surface area contributed by atoms with Crippen molar-refractivity contribution in [1.29, 1.82) is 0 Å². The highest BCUT2D eigenvalue weighted by Gasteiger charge is 2.33. The molecule has 0 spiro atoms. The Kier molecular flexibility index (Phi) is 3.68. The predicted molar refractivity (Wildman–Crippen MR) is 65.3 cm³/mol. The third-order valence-corrected chi connectivity index (χ3v) is 3.04.